The molecule has 1 N–H and O–H groups in total. The highest BCUT2D eigenvalue weighted by atomic mass is 16.6. The Morgan fingerprint density at radius 3 is 2.67 bits per heavy atom. The second-order valence-corrected chi connectivity index (χ2v) is 5.36. The fourth-order valence-electron chi connectivity index (χ4n) is 1.66. The second kappa shape index (κ2) is 3.67. The number of amides is 1. The molecule has 2 aliphatic rings. The molecule has 86 valence electrons. The van der Waals surface area contributed by atoms with Gasteiger partial charge in [0.25, 0.3) is 0 Å². The third kappa shape index (κ3) is 3.38. The molecule has 1 aliphatic heterocycles. The molecule has 1 saturated carbocycles. The molecule has 2 rings (SSSR count). The number of hydrogen-bond acceptors (Lipinski definition) is 3. The van der Waals surface area contributed by atoms with Crippen LogP contribution in [0.2, 0.25) is 0 Å². The maximum atomic E-state index is 11.3. The molecule has 0 spiro atoms. The number of hydrogen-bond donors (Lipinski definition) is 1. The first-order valence-electron chi connectivity index (χ1n) is 5.58. The van der Waals surface area contributed by atoms with Crippen molar-refractivity contribution >= 4 is 6.09 Å². The zero-order valence-electron chi connectivity index (χ0n) is 9.58. The van der Waals surface area contributed by atoms with Crippen LogP contribution in [-0.2, 0) is 9.47 Å². The van der Waals surface area contributed by atoms with E-state index in [2.05, 4.69) is 5.32 Å². The van der Waals surface area contributed by atoms with E-state index >= 15 is 0 Å². The molecule has 4 nitrogen and oxygen atoms in total. The summed E-state index contributed by atoms with van der Waals surface area (Å²) < 4.78 is 10.6. The highest BCUT2D eigenvalue weighted by molar-refractivity contribution is 5.67. The molecule has 1 aliphatic carbocycles. The van der Waals surface area contributed by atoms with Crippen molar-refractivity contribution in [3.63, 3.8) is 0 Å². The summed E-state index contributed by atoms with van der Waals surface area (Å²) in [5.41, 5.74) is -0.426. The zero-order chi connectivity index (χ0) is 11.1. The average molecular weight is 213 g/mol. The van der Waals surface area contributed by atoms with E-state index in [-0.39, 0.29) is 12.2 Å². The van der Waals surface area contributed by atoms with Gasteiger partial charge in [-0.1, -0.05) is 0 Å². The Balaban J connectivity index is 1.60. The Morgan fingerprint density at radius 1 is 1.47 bits per heavy atom. The van der Waals surface area contributed by atoms with Gasteiger partial charge in [0, 0.05) is 6.54 Å². The molecular formula is C11H19NO3. The maximum absolute atomic E-state index is 11.3. The van der Waals surface area contributed by atoms with Crippen molar-refractivity contribution < 1.29 is 14.3 Å². The SMILES string of the molecule is CC(C)(C)OC(=O)NCC1OC1C1CC1. The topological polar surface area (TPSA) is 50.9 Å². The molecule has 0 aromatic heterocycles. The fourth-order valence-corrected chi connectivity index (χ4v) is 1.66. The zero-order valence-corrected chi connectivity index (χ0v) is 9.58. The van der Waals surface area contributed by atoms with Crippen molar-refractivity contribution in [3.05, 3.63) is 0 Å². The number of epoxide rings is 1. The van der Waals surface area contributed by atoms with Gasteiger partial charge in [0.05, 0.1) is 6.10 Å². The van der Waals surface area contributed by atoms with E-state index in [1.165, 1.54) is 12.8 Å². The van der Waals surface area contributed by atoms with Crippen molar-refractivity contribution in [1.29, 1.82) is 0 Å². The molecule has 2 unspecified atom stereocenters. The molecular weight excluding hydrogens is 194 g/mol. The van der Waals surface area contributed by atoms with Crippen LogP contribution in [0, 0.1) is 5.92 Å². The molecule has 0 bridgehead atoms. The highest BCUT2D eigenvalue weighted by Gasteiger charge is 2.49. The molecule has 4 heteroatoms. The van der Waals surface area contributed by atoms with Crippen LogP contribution >= 0.6 is 0 Å². The van der Waals surface area contributed by atoms with Gasteiger partial charge >= 0.3 is 6.09 Å². The third-order valence-electron chi connectivity index (χ3n) is 2.55. The third-order valence-corrected chi connectivity index (χ3v) is 2.55. The first-order valence-corrected chi connectivity index (χ1v) is 5.58. The Kier molecular flexibility index (Phi) is 2.63. The van der Waals surface area contributed by atoms with E-state index in [0.717, 1.165) is 5.92 Å². The van der Waals surface area contributed by atoms with Crippen molar-refractivity contribution in [2.75, 3.05) is 6.54 Å². The Labute approximate surface area is 90.3 Å². The van der Waals surface area contributed by atoms with Crippen LogP contribution in [0.25, 0.3) is 0 Å². The molecule has 0 radical (unpaired) electrons. The molecule has 1 heterocycles. The molecule has 0 aromatic carbocycles. The first-order chi connectivity index (χ1) is 6.96. The summed E-state index contributed by atoms with van der Waals surface area (Å²) in [7, 11) is 0. The van der Waals surface area contributed by atoms with Crippen LogP contribution in [-0.4, -0.2) is 30.4 Å². The number of carbonyl (C=O) groups is 1. The van der Waals surface area contributed by atoms with E-state index in [4.69, 9.17) is 9.47 Å². The van der Waals surface area contributed by atoms with Gasteiger partial charge in [0.2, 0.25) is 0 Å². The minimum absolute atomic E-state index is 0.227. The monoisotopic (exact) mass is 213 g/mol. The fraction of sp³-hybridized carbons (Fsp3) is 0.909. The quantitative estimate of drug-likeness (QED) is 0.726. The van der Waals surface area contributed by atoms with Gasteiger partial charge in [0.1, 0.15) is 11.7 Å². The summed E-state index contributed by atoms with van der Waals surface area (Å²) in [5.74, 6) is 0.760. The van der Waals surface area contributed by atoms with Crippen LogP contribution in [0.15, 0.2) is 0 Å². The van der Waals surface area contributed by atoms with Crippen LogP contribution in [0.4, 0.5) is 4.79 Å². The molecule has 1 saturated heterocycles. The van der Waals surface area contributed by atoms with Crippen LogP contribution in [0.1, 0.15) is 33.6 Å². The standard InChI is InChI=1S/C11H19NO3/c1-11(2,3)15-10(13)12-6-8-9(14-8)7-4-5-7/h7-9H,4-6H2,1-3H3,(H,12,13). The largest absolute Gasteiger partial charge is 0.444 e. The smallest absolute Gasteiger partial charge is 0.407 e. The summed E-state index contributed by atoms with van der Waals surface area (Å²) in [6, 6.07) is 0. The second-order valence-electron chi connectivity index (χ2n) is 5.36. The number of nitrogens with one attached hydrogen (secondary N) is 1. The van der Waals surface area contributed by atoms with Gasteiger partial charge in [-0.05, 0) is 39.5 Å². The van der Waals surface area contributed by atoms with E-state index in [0.29, 0.717) is 12.6 Å². The highest BCUT2D eigenvalue weighted by Crippen LogP contribution is 2.43. The van der Waals surface area contributed by atoms with Crippen LogP contribution in [0.5, 0.6) is 0 Å². The average Bonchev–Trinajstić information content (AvgIpc) is 2.92. The molecule has 1 amide bonds. The summed E-state index contributed by atoms with van der Waals surface area (Å²) in [6.45, 7) is 6.14. The van der Waals surface area contributed by atoms with E-state index in [9.17, 15) is 4.79 Å². The van der Waals surface area contributed by atoms with Crippen molar-refractivity contribution in [2.45, 2.75) is 51.4 Å². The van der Waals surface area contributed by atoms with Gasteiger partial charge in [0.15, 0.2) is 0 Å². The first kappa shape index (κ1) is 10.7. The molecule has 15 heavy (non-hydrogen) atoms. The van der Waals surface area contributed by atoms with Crippen molar-refractivity contribution in [3.8, 4) is 0 Å². The number of alkyl carbamates (subject to hydrolysis) is 1. The molecule has 2 atom stereocenters. The van der Waals surface area contributed by atoms with Crippen molar-refractivity contribution in [1.82, 2.24) is 5.32 Å². The number of rotatable bonds is 3. The Bertz CT molecular complexity index is 255. The van der Waals surface area contributed by atoms with E-state index in [1.54, 1.807) is 0 Å². The predicted octanol–water partition coefficient (Wildman–Crippen LogP) is 1.69. The molecule has 0 aromatic rings. The van der Waals surface area contributed by atoms with Crippen LogP contribution in [0.3, 0.4) is 0 Å². The normalized spacial score (nSPS) is 29.8. The number of ether oxygens (including phenoxy) is 2. The van der Waals surface area contributed by atoms with Gasteiger partial charge in [-0.2, -0.15) is 0 Å². The number of carbonyl (C=O) groups excluding carboxylic acids is 1. The predicted molar refractivity (Wildman–Crippen MR) is 55.6 cm³/mol. The Morgan fingerprint density at radius 2 is 2.13 bits per heavy atom. The summed E-state index contributed by atoms with van der Waals surface area (Å²) in [4.78, 5) is 11.3. The van der Waals surface area contributed by atoms with Gasteiger partial charge in [-0.15, -0.1) is 0 Å². The van der Waals surface area contributed by atoms with Crippen LogP contribution < -0.4 is 5.32 Å². The van der Waals surface area contributed by atoms with Gasteiger partial charge < -0.3 is 14.8 Å². The summed E-state index contributed by atoms with van der Waals surface area (Å²) >= 11 is 0. The Hall–Kier alpha value is -0.770. The van der Waals surface area contributed by atoms with Crippen molar-refractivity contribution in [2.24, 2.45) is 5.92 Å². The van der Waals surface area contributed by atoms with E-state index < -0.39 is 5.60 Å². The lowest BCUT2D eigenvalue weighted by atomic mass is 10.2. The lowest BCUT2D eigenvalue weighted by Gasteiger charge is -2.19. The summed E-state index contributed by atoms with van der Waals surface area (Å²) in [6.07, 6.45) is 2.85. The van der Waals surface area contributed by atoms with Gasteiger partial charge in [-0.3, -0.25) is 0 Å². The maximum Gasteiger partial charge on any atom is 0.407 e. The lowest BCUT2D eigenvalue weighted by Crippen LogP contribution is -2.34. The minimum Gasteiger partial charge on any atom is -0.444 e. The minimum atomic E-state index is -0.426. The van der Waals surface area contributed by atoms with E-state index in [1.807, 2.05) is 20.8 Å². The lowest BCUT2D eigenvalue weighted by molar-refractivity contribution is 0.0524. The van der Waals surface area contributed by atoms with Gasteiger partial charge in [-0.25, -0.2) is 4.79 Å². The molecule has 2 fully saturated rings. The summed E-state index contributed by atoms with van der Waals surface area (Å²) in [5, 5.41) is 2.73.